The van der Waals surface area contributed by atoms with E-state index in [2.05, 4.69) is 21.3 Å². The highest BCUT2D eigenvalue weighted by molar-refractivity contribution is 5.95. The lowest BCUT2D eigenvalue weighted by molar-refractivity contribution is -0.143. The Balaban J connectivity index is 2.78. The summed E-state index contributed by atoms with van der Waals surface area (Å²) in [4.78, 5) is 70.0. The lowest BCUT2D eigenvalue weighted by Gasteiger charge is -2.23. The van der Waals surface area contributed by atoms with Crippen molar-refractivity contribution in [2.45, 2.75) is 56.3 Å². The van der Waals surface area contributed by atoms with Crippen LogP contribution in [0.1, 0.15) is 32.1 Å². The molecule has 0 bridgehead atoms. The van der Waals surface area contributed by atoms with E-state index in [0.717, 1.165) is 6.42 Å². The first-order chi connectivity index (χ1) is 14.5. The first-order valence-corrected chi connectivity index (χ1v) is 9.53. The highest BCUT2D eigenvalue weighted by Crippen LogP contribution is 2.06. The minimum Gasteiger partial charge on any atom is -0.481 e. The number of carboxylic acids is 2. The highest BCUT2D eigenvalue weighted by Gasteiger charge is 2.32. The molecule has 0 aromatic heterocycles. The van der Waals surface area contributed by atoms with Crippen LogP contribution in [0.4, 0.5) is 0 Å². The molecule has 14 nitrogen and oxygen atoms in total. The Morgan fingerprint density at radius 2 is 1.58 bits per heavy atom. The van der Waals surface area contributed by atoms with Crippen molar-refractivity contribution < 1.29 is 44.1 Å². The summed E-state index contributed by atoms with van der Waals surface area (Å²) in [5, 5.41) is 36.9. The van der Waals surface area contributed by atoms with Crippen LogP contribution in [0.15, 0.2) is 0 Å². The molecule has 0 saturated carbocycles. The molecular weight excluding hydrogens is 418 g/mol. The first kappa shape index (κ1) is 25.8. The summed E-state index contributed by atoms with van der Waals surface area (Å²) in [5.74, 6) is -6.34. The monoisotopic (exact) mass is 445 g/mol. The van der Waals surface area contributed by atoms with Crippen LogP contribution in [-0.4, -0.2) is 88.2 Å². The van der Waals surface area contributed by atoms with Gasteiger partial charge in [0.05, 0.1) is 19.1 Å². The molecule has 0 aliphatic carbocycles. The molecule has 1 aliphatic rings. The van der Waals surface area contributed by atoms with E-state index in [-0.39, 0.29) is 12.8 Å². The van der Waals surface area contributed by atoms with Gasteiger partial charge in [0.15, 0.2) is 0 Å². The minimum absolute atomic E-state index is 0.311. The molecule has 1 rings (SSSR count). The Morgan fingerprint density at radius 3 is 2.06 bits per heavy atom. The molecule has 1 saturated heterocycles. The van der Waals surface area contributed by atoms with Gasteiger partial charge in [-0.1, -0.05) is 0 Å². The second kappa shape index (κ2) is 12.4. The van der Waals surface area contributed by atoms with Crippen LogP contribution in [0.5, 0.6) is 0 Å². The van der Waals surface area contributed by atoms with Crippen molar-refractivity contribution in [2.24, 2.45) is 5.73 Å². The first-order valence-electron chi connectivity index (χ1n) is 9.53. The van der Waals surface area contributed by atoms with E-state index in [0.29, 0.717) is 13.0 Å². The molecule has 0 aromatic carbocycles. The van der Waals surface area contributed by atoms with Crippen LogP contribution >= 0.6 is 0 Å². The van der Waals surface area contributed by atoms with Crippen LogP contribution in [0.25, 0.3) is 0 Å². The number of aliphatic carboxylic acids is 2. The molecule has 1 heterocycles. The van der Waals surface area contributed by atoms with Gasteiger partial charge in [-0.3, -0.25) is 24.0 Å². The molecule has 174 valence electrons. The standard InChI is InChI=1S/C17H27N5O9/c18-12(24)4-3-9(17(30)31)20-16(29)11(7-23)22-15(28)10(6-13(25)26)21-14(27)8-2-1-5-19-8/h8-11,19,23H,1-7H2,(H2,18,24)(H,20,29)(H,21,27)(H,22,28)(H,25,26)(H,30,31). The molecule has 9 N–H and O–H groups in total. The number of rotatable bonds is 13. The number of nitrogens with one attached hydrogen (secondary N) is 4. The number of hydrogen-bond donors (Lipinski definition) is 8. The fourth-order valence-corrected chi connectivity index (χ4v) is 2.85. The van der Waals surface area contributed by atoms with Crippen molar-refractivity contribution in [3.63, 3.8) is 0 Å². The summed E-state index contributed by atoms with van der Waals surface area (Å²) in [6.07, 6.45) is -0.164. The van der Waals surface area contributed by atoms with Gasteiger partial charge in [0.25, 0.3) is 0 Å². The molecule has 4 unspecified atom stereocenters. The van der Waals surface area contributed by atoms with Crippen molar-refractivity contribution in [3.8, 4) is 0 Å². The zero-order valence-electron chi connectivity index (χ0n) is 16.6. The Bertz CT molecular complexity index is 708. The van der Waals surface area contributed by atoms with E-state index >= 15 is 0 Å². The number of carboxylic acid groups (broad SMARTS) is 2. The van der Waals surface area contributed by atoms with E-state index in [1.807, 2.05) is 0 Å². The van der Waals surface area contributed by atoms with E-state index in [1.165, 1.54) is 0 Å². The van der Waals surface area contributed by atoms with Gasteiger partial charge in [-0.25, -0.2) is 4.79 Å². The fraction of sp³-hybridized carbons (Fsp3) is 0.647. The number of nitrogens with two attached hydrogens (primary N) is 1. The number of primary amides is 1. The van der Waals surface area contributed by atoms with E-state index in [9.17, 15) is 33.9 Å². The van der Waals surface area contributed by atoms with Crippen molar-refractivity contribution in [1.29, 1.82) is 0 Å². The van der Waals surface area contributed by atoms with E-state index in [1.54, 1.807) is 0 Å². The number of carbonyl (C=O) groups is 6. The number of carbonyl (C=O) groups excluding carboxylic acids is 4. The third kappa shape index (κ3) is 8.96. The summed E-state index contributed by atoms with van der Waals surface area (Å²) < 4.78 is 0. The van der Waals surface area contributed by atoms with Crippen molar-refractivity contribution in [1.82, 2.24) is 21.3 Å². The summed E-state index contributed by atoms with van der Waals surface area (Å²) >= 11 is 0. The molecule has 0 radical (unpaired) electrons. The highest BCUT2D eigenvalue weighted by atomic mass is 16.4. The topological polar surface area (TPSA) is 237 Å². The third-order valence-electron chi connectivity index (χ3n) is 4.50. The number of aliphatic hydroxyl groups is 1. The third-order valence-corrected chi connectivity index (χ3v) is 4.50. The van der Waals surface area contributed by atoms with Gasteiger partial charge in [-0.05, 0) is 25.8 Å². The van der Waals surface area contributed by atoms with Crippen LogP contribution in [0, 0.1) is 0 Å². The van der Waals surface area contributed by atoms with Gasteiger partial charge in [0.2, 0.25) is 23.6 Å². The summed E-state index contributed by atoms with van der Waals surface area (Å²) in [5.41, 5.74) is 4.95. The maximum atomic E-state index is 12.5. The zero-order chi connectivity index (χ0) is 23.6. The average Bonchev–Trinajstić information content (AvgIpc) is 3.22. The molecule has 1 fully saturated rings. The van der Waals surface area contributed by atoms with Gasteiger partial charge in [-0.2, -0.15) is 0 Å². The quantitative estimate of drug-likeness (QED) is 0.137. The predicted molar refractivity (Wildman–Crippen MR) is 102 cm³/mol. The average molecular weight is 445 g/mol. The largest absolute Gasteiger partial charge is 0.481 e. The molecule has 0 spiro atoms. The maximum Gasteiger partial charge on any atom is 0.326 e. The van der Waals surface area contributed by atoms with E-state index < -0.39 is 72.8 Å². The number of amides is 4. The molecule has 31 heavy (non-hydrogen) atoms. The van der Waals surface area contributed by atoms with Gasteiger partial charge >= 0.3 is 11.9 Å². The molecule has 0 aromatic rings. The number of aliphatic hydroxyl groups excluding tert-OH is 1. The second-order valence-corrected chi connectivity index (χ2v) is 6.96. The second-order valence-electron chi connectivity index (χ2n) is 6.96. The molecular formula is C17H27N5O9. The van der Waals surface area contributed by atoms with Crippen LogP contribution in [0.2, 0.25) is 0 Å². The lowest BCUT2D eigenvalue weighted by atomic mass is 10.1. The Kier molecular flexibility index (Phi) is 10.3. The predicted octanol–water partition coefficient (Wildman–Crippen LogP) is -3.99. The summed E-state index contributed by atoms with van der Waals surface area (Å²) in [6.45, 7) is -0.335. The normalized spacial score (nSPS) is 18.3. The van der Waals surface area contributed by atoms with Crippen LogP contribution in [-0.2, 0) is 28.8 Å². The van der Waals surface area contributed by atoms with Crippen molar-refractivity contribution in [3.05, 3.63) is 0 Å². The zero-order valence-corrected chi connectivity index (χ0v) is 16.6. The van der Waals surface area contributed by atoms with Gasteiger partial charge in [-0.15, -0.1) is 0 Å². The Morgan fingerprint density at radius 1 is 0.968 bits per heavy atom. The molecule has 4 atom stereocenters. The molecule has 14 heteroatoms. The SMILES string of the molecule is NC(=O)CCC(NC(=O)C(CO)NC(=O)C(CC(=O)O)NC(=O)C1CCCN1)C(=O)O. The molecule has 4 amide bonds. The summed E-state index contributed by atoms with van der Waals surface area (Å²) in [6, 6.07) is -5.24. The van der Waals surface area contributed by atoms with Crippen LogP contribution in [0.3, 0.4) is 0 Å². The Labute approximate surface area is 176 Å². The van der Waals surface area contributed by atoms with Crippen molar-refractivity contribution in [2.75, 3.05) is 13.2 Å². The minimum atomic E-state index is -1.62. The smallest absolute Gasteiger partial charge is 0.326 e. The lowest BCUT2D eigenvalue weighted by Crippen LogP contribution is -2.58. The van der Waals surface area contributed by atoms with Gasteiger partial charge in [0.1, 0.15) is 18.1 Å². The summed E-state index contributed by atoms with van der Waals surface area (Å²) in [7, 11) is 0. The fourth-order valence-electron chi connectivity index (χ4n) is 2.85. The van der Waals surface area contributed by atoms with Gasteiger partial charge in [0, 0.05) is 6.42 Å². The Hall–Kier alpha value is -3.26. The van der Waals surface area contributed by atoms with Gasteiger partial charge < -0.3 is 42.3 Å². The molecule has 1 aliphatic heterocycles. The van der Waals surface area contributed by atoms with Crippen molar-refractivity contribution >= 4 is 35.6 Å². The van der Waals surface area contributed by atoms with E-state index in [4.69, 9.17) is 15.9 Å². The van der Waals surface area contributed by atoms with Crippen LogP contribution < -0.4 is 27.0 Å². The number of hydrogen-bond acceptors (Lipinski definition) is 8. The maximum absolute atomic E-state index is 12.5.